The highest BCUT2D eigenvalue weighted by Gasteiger charge is 2.29. The van der Waals surface area contributed by atoms with Crippen molar-refractivity contribution < 1.29 is 14.0 Å². The number of carbonyl (C=O) groups is 2. The van der Waals surface area contributed by atoms with E-state index >= 15 is 0 Å². The number of hydrogen-bond acceptors (Lipinski definition) is 2. The number of nitrogens with zero attached hydrogens (tertiary/aromatic N) is 3. The third kappa shape index (κ3) is 7.74. The summed E-state index contributed by atoms with van der Waals surface area (Å²) < 4.78 is 15.6. The number of nitrogens with one attached hydrogen (secondary N) is 1. The van der Waals surface area contributed by atoms with Crippen LogP contribution < -0.4 is 5.32 Å². The Morgan fingerprint density at radius 3 is 2.30 bits per heavy atom. The monoisotopic (exact) mass is 546 g/mol. The number of halogens is 1. The highest BCUT2D eigenvalue weighted by atomic mass is 19.1. The molecule has 4 rings (SSSR count). The van der Waals surface area contributed by atoms with Crippen LogP contribution in [0, 0.1) is 25.6 Å². The van der Waals surface area contributed by atoms with Crippen LogP contribution in [-0.2, 0) is 17.9 Å². The Labute approximate surface area is 238 Å². The number of rotatable bonds is 10. The molecule has 40 heavy (non-hydrogen) atoms. The lowest BCUT2D eigenvalue weighted by molar-refractivity contribution is -0.135. The van der Waals surface area contributed by atoms with E-state index in [1.165, 1.54) is 18.6 Å². The van der Waals surface area contributed by atoms with E-state index in [0.717, 1.165) is 53.8 Å². The van der Waals surface area contributed by atoms with Gasteiger partial charge in [0.05, 0.1) is 6.54 Å². The fourth-order valence-corrected chi connectivity index (χ4v) is 5.63. The van der Waals surface area contributed by atoms with Gasteiger partial charge in [-0.2, -0.15) is 0 Å². The largest absolute Gasteiger partial charge is 0.345 e. The van der Waals surface area contributed by atoms with Gasteiger partial charge in [0.2, 0.25) is 5.91 Å². The van der Waals surface area contributed by atoms with Gasteiger partial charge in [-0.15, -0.1) is 0 Å². The van der Waals surface area contributed by atoms with Crippen molar-refractivity contribution in [1.29, 1.82) is 0 Å². The van der Waals surface area contributed by atoms with Crippen molar-refractivity contribution in [2.24, 2.45) is 5.92 Å². The van der Waals surface area contributed by atoms with Crippen LogP contribution in [0.4, 0.5) is 14.9 Å². The number of benzene rings is 2. The van der Waals surface area contributed by atoms with E-state index in [-0.39, 0.29) is 36.3 Å². The first-order chi connectivity index (χ1) is 19.2. The Kier molecular flexibility index (Phi) is 10.0. The van der Waals surface area contributed by atoms with Crippen LogP contribution in [0.2, 0.25) is 0 Å². The Bertz CT molecular complexity index is 1260. The molecule has 2 aromatic carbocycles. The van der Waals surface area contributed by atoms with Crippen LogP contribution >= 0.6 is 0 Å². The molecular formula is C33H43FN4O2. The number of urea groups is 1. The molecule has 0 atom stereocenters. The number of carbonyl (C=O) groups excluding carboxylic acids is 2. The van der Waals surface area contributed by atoms with Crippen LogP contribution in [-0.4, -0.2) is 45.4 Å². The number of hydrogen-bond donors (Lipinski definition) is 1. The zero-order chi connectivity index (χ0) is 28.6. The molecule has 1 aromatic heterocycles. The minimum absolute atomic E-state index is 0.0289. The molecular weight excluding hydrogens is 503 g/mol. The van der Waals surface area contributed by atoms with Crippen molar-refractivity contribution in [2.45, 2.75) is 78.9 Å². The smallest absolute Gasteiger partial charge is 0.322 e. The summed E-state index contributed by atoms with van der Waals surface area (Å²) in [5, 5.41) is 3.08. The summed E-state index contributed by atoms with van der Waals surface area (Å²) in [6, 6.07) is 16.4. The Morgan fingerprint density at radius 2 is 1.65 bits per heavy atom. The zero-order valence-electron chi connectivity index (χ0n) is 24.3. The number of para-hydroxylation sites is 1. The number of anilines is 1. The van der Waals surface area contributed by atoms with Gasteiger partial charge in [-0.25, -0.2) is 9.18 Å². The summed E-state index contributed by atoms with van der Waals surface area (Å²) in [5.74, 6) is -0.0653. The number of aryl methyl sites for hydroxylation is 2. The van der Waals surface area contributed by atoms with E-state index < -0.39 is 0 Å². The maximum absolute atomic E-state index is 14.0. The Balaban J connectivity index is 1.54. The molecule has 3 amide bonds. The average molecular weight is 547 g/mol. The molecule has 3 aromatic rings. The van der Waals surface area contributed by atoms with Crippen molar-refractivity contribution in [3.05, 3.63) is 89.0 Å². The van der Waals surface area contributed by atoms with Gasteiger partial charge in [0.15, 0.2) is 0 Å². The first kappa shape index (κ1) is 29.4. The lowest BCUT2D eigenvalue weighted by Gasteiger charge is -2.36. The summed E-state index contributed by atoms with van der Waals surface area (Å²) in [4.78, 5) is 31.2. The highest BCUT2D eigenvalue weighted by molar-refractivity contribution is 5.93. The van der Waals surface area contributed by atoms with Crippen LogP contribution in [0.3, 0.4) is 0 Å². The first-order valence-electron chi connectivity index (χ1n) is 14.5. The van der Waals surface area contributed by atoms with Gasteiger partial charge in [-0.1, -0.05) is 63.4 Å². The molecule has 6 nitrogen and oxygen atoms in total. The van der Waals surface area contributed by atoms with E-state index in [9.17, 15) is 14.0 Å². The van der Waals surface area contributed by atoms with E-state index in [4.69, 9.17) is 0 Å². The molecule has 1 fully saturated rings. The molecule has 1 saturated carbocycles. The van der Waals surface area contributed by atoms with Crippen molar-refractivity contribution >= 4 is 17.6 Å². The molecule has 0 unspecified atom stereocenters. The lowest BCUT2D eigenvalue weighted by Crippen LogP contribution is -2.49. The van der Waals surface area contributed by atoms with Gasteiger partial charge in [0, 0.05) is 36.7 Å². The lowest BCUT2D eigenvalue weighted by atomic mass is 9.94. The summed E-state index contributed by atoms with van der Waals surface area (Å²) in [6.45, 7) is 9.68. The molecule has 1 aliphatic carbocycles. The highest BCUT2D eigenvalue weighted by Crippen LogP contribution is 2.26. The van der Waals surface area contributed by atoms with Gasteiger partial charge in [0.1, 0.15) is 12.4 Å². The maximum atomic E-state index is 14.0. The standard InChI is InChI=1S/C33H43FN4O2/c1-24(2)20-37(33(40)35-32-25(3)10-8-11-26(32)4)23-31(39)38(29-12-6-5-7-13-29)22-30-14-9-19-36(30)21-27-15-17-28(34)18-16-27/h8-11,14-19,24,29H,5-7,12-13,20-23H2,1-4H3,(H,35,40). The van der Waals surface area contributed by atoms with Gasteiger partial charge < -0.3 is 19.7 Å². The van der Waals surface area contributed by atoms with E-state index in [1.807, 2.05) is 55.3 Å². The molecule has 0 spiro atoms. The molecule has 0 saturated heterocycles. The minimum atomic E-state index is -0.252. The molecule has 1 heterocycles. The van der Waals surface area contributed by atoms with Crippen molar-refractivity contribution in [3.8, 4) is 0 Å². The predicted molar refractivity (Wildman–Crippen MR) is 159 cm³/mol. The zero-order valence-corrected chi connectivity index (χ0v) is 24.3. The average Bonchev–Trinajstić information content (AvgIpc) is 3.36. The van der Waals surface area contributed by atoms with Crippen LogP contribution in [0.5, 0.6) is 0 Å². The molecule has 214 valence electrons. The molecule has 7 heteroatoms. The first-order valence-corrected chi connectivity index (χ1v) is 14.5. The van der Waals surface area contributed by atoms with Crippen molar-refractivity contribution in [2.75, 3.05) is 18.4 Å². The Hall–Kier alpha value is -3.61. The second-order valence-corrected chi connectivity index (χ2v) is 11.5. The SMILES string of the molecule is Cc1cccc(C)c1NC(=O)N(CC(=O)N(Cc1cccn1Cc1ccc(F)cc1)C1CCCCC1)CC(C)C. The van der Waals surface area contributed by atoms with E-state index in [2.05, 4.69) is 23.7 Å². The predicted octanol–water partition coefficient (Wildman–Crippen LogP) is 7.14. The molecule has 0 bridgehead atoms. The van der Waals surface area contributed by atoms with E-state index in [1.54, 1.807) is 17.0 Å². The summed E-state index contributed by atoms with van der Waals surface area (Å²) in [7, 11) is 0. The summed E-state index contributed by atoms with van der Waals surface area (Å²) in [6.07, 6.45) is 7.36. The van der Waals surface area contributed by atoms with Gasteiger partial charge in [0.25, 0.3) is 0 Å². The van der Waals surface area contributed by atoms with Gasteiger partial charge >= 0.3 is 6.03 Å². The summed E-state index contributed by atoms with van der Waals surface area (Å²) >= 11 is 0. The topological polar surface area (TPSA) is 57.6 Å². The Morgan fingerprint density at radius 1 is 0.975 bits per heavy atom. The fraction of sp³-hybridized carbons (Fsp3) is 0.455. The van der Waals surface area contributed by atoms with Crippen LogP contribution in [0.1, 0.15) is 68.3 Å². The van der Waals surface area contributed by atoms with Gasteiger partial charge in [-0.3, -0.25) is 4.79 Å². The van der Waals surface area contributed by atoms with Crippen molar-refractivity contribution in [1.82, 2.24) is 14.4 Å². The second kappa shape index (κ2) is 13.6. The molecule has 0 radical (unpaired) electrons. The van der Waals surface area contributed by atoms with Crippen LogP contribution in [0.15, 0.2) is 60.8 Å². The van der Waals surface area contributed by atoms with Crippen LogP contribution in [0.25, 0.3) is 0 Å². The van der Waals surface area contributed by atoms with Crippen molar-refractivity contribution in [3.63, 3.8) is 0 Å². The fourth-order valence-electron chi connectivity index (χ4n) is 5.63. The number of aromatic nitrogens is 1. The maximum Gasteiger partial charge on any atom is 0.322 e. The third-order valence-corrected chi connectivity index (χ3v) is 7.77. The molecule has 1 aliphatic rings. The number of amides is 3. The van der Waals surface area contributed by atoms with Gasteiger partial charge in [-0.05, 0) is 73.6 Å². The molecule has 1 N–H and O–H groups in total. The molecule has 0 aliphatic heterocycles. The minimum Gasteiger partial charge on any atom is -0.345 e. The second-order valence-electron chi connectivity index (χ2n) is 11.5. The van der Waals surface area contributed by atoms with E-state index in [0.29, 0.717) is 19.6 Å². The summed E-state index contributed by atoms with van der Waals surface area (Å²) in [5.41, 5.74) is 4.82. The third-order valence-electron chi connectivity index (χ3n) is 7.77. The normalized spacial score (nSPS) is 13.8. The quantitative estimate of drug-likeness (QED) is 0.294.